The molecule has 0 aliphatic heterocycles. The lowest BCUT2D eigenvalue weighted by molar-refractivity contribution is -0.380. The first-order chi connectivity index (χ1) is 13.9. The van der Waals surface area contributed by atoms with Crippen molar-refractivity contribution in [1.82, 2.24) is 9.97 Å². The molecule has 4 aromatic rings. The normalized spacial score (nSPS) is 11.3. The minimum atomic E-state index is -3.94. The topological polar surface area (TPSA) is 128 Å². The Kier molecular flexibility index (Phi) is 4.82. The fourth-order valence-electron chi connectivity index (χ4n) is 2.49. The van der Waals surface area contributed by atoms with Crippen LogP contribution in [-0.2, 0) is 10.0 Å². The molecule has 0 saturated heterocycles. The molecule has 0 bridgehead atoms. The molecule has 4 rings (SSSR count). The maximum absolute atomic E-state index is 12.5. The molecule has 0 aliphatic carbocycles. The van der Waals surface area contributed by atoms with Crippen LogP contribution in [0.4, 0.5) is 10.1 Å². The third-order valence-electron chi connectivity index (χ3n) is 3.87. The van der Waals surface area contributed by atoms with E-state index in [1.54, 1.807) is 18.3 Å². The fourth-order valence-corrected chi connectivity index (χ4v) is 4.37. The molecule has 146 valence electrons. The number of rotatable bonds is 6. The molecule has 0 radical (unpaired) electrons. The first kappa shape index (κ1) is 18.8. The van der Waals surface area contributed by atoms with Crippen LogP contribution in [0.3, 0.4) is 0 Å². The third kappa shape index (κ3) is 4.00. The summed E-state index contributed by atoms with van der Waals surface area (Å²) in [6, 6.07) is 15.4. The Balaban J connectivity index is 1.54. The Morgan fingerprint density at radius 1 is 0.966 bits per heavy atom. The summed E-state index contributed by atoms with van der Waals surface area (Å²) in [5.41, 5.74) is 1.49. The third-order valence-corrected chi connectivity index (χ3v) is 6.22. The molecular formula is C18H12N4O5S2. The van der Waals surface area contributed by atoms with Gasteiger partial charge in [0.2, 0.25) is 11.0 Å². The molecule has 9 nitrogen and oxygen atoms in total. The highest BCUT2D eigenvalue weighted by Crippen LogP contribution is 2.29. The number of aromatic nitrogens is 2. The summed E-state index contributed by atoms with van der Waals surface area (Å²) >= 11 is 0.638. The Bertz CT molecular complexity index is 1270. The summed E-state index contributed by atoms with van der Waals surface area (Å²) in [6.45, 7) is 0. The molecule has 0 atom stereocenters. The zero-order valence-electron chi connectivity index (χ0n) is 14.6. The van der Waals surface area contributed by atoms with Gasteiger partial charge in [0, 0.05) is 11.1 Å². The van der Waals surface area contributed by atoms with Crippen molar-refractivity contribution in [2.45, 2.75) is 4.90 Å². The average molecular weight is 428 g/mol. The van der Waals surface area contributed by atoms with E-state index in [0.717, 1.165) is 11.8 Å². The molecule has 0 saturated carbocycles. The largest absolute Gasteiger partial charge is 0.436 e. The van der Waals surface area contributed by atoms with Gasteiger partial charge in [0.1, 0.15) is 6.20 Å². The number of nitro groups is 1. The van der Waals surface area contributed by atoms with Gasteiger partial charge in [0.05, 0.1) is 16.0 Å². The van der Waals surface area contributed by atoms with E-state index in [-0.39, 0.29) is 15.0 Å². The first-order valence-electron chi connectivity index (χ1n) is 8.17. The summed E-state index contributed by atoms with van der Waals surface area (Å²) in [5.74, 6) is 0.959. The molecule has 0 amide bonds. The van der Waals surface area contributed by atoms with E-state index >= 15 is 0 Å². The molecule has 2 aromatic carbocycles. The summed E-state index contributed by atoms with van der Waals surface area (Å²) < 4.78 is 32.9. The smallest absolute Gasteiger partial charge is 0.345 e. The van der Waals surface area contributed by atoms with Crippen LogP contribution in [0.2, 0.25) is 0 Å². The molecule has 0 spiro atoms. The number of hydrogen-bond acceptors (Lipinski definition) is 8. The van der Waals surface area contributed by atoms with Crippen LogP contribution in [0, 0.1) is 10.1 Å². The Morgan fingerprint density at radius 3 is 2.34 bits per heavy atom. The quantitative estimate of drug-likeness (QED) is 0.360. The van der Waals surface area contributed by atoms with Crippen molar-refractivity contribution in [3.63, 3.8) is 0 Å². The lowest BCUT2D eigenvalue weighted by Crippen LogP contribution is -2.12. The van der Waals surface area contributed by atoms with Gasteiger partial charge in [-0.15, -0.1) is 0 Å². The second-order valence-electron chi connectivity index (χ2n) is 5.79. The van der Waals surface area contributed by atoms with E-state index in [4.69, 9.17) is 4.42 Å². The zero-order valence-corrected chi connectivity index (χ0v) is 16.2. The highest BCUT2D eigenvalue weighted by atomic mass is 32.2. The monoisotopic (exact) mass is 428 g/mol. The molecule has 0 unspecified atom stereocenters. The highest BCUT2D eigenvalue weighted by Gasteiger charge is 2.19. The van der Waals surface area contributed by atoms with Gasteiger partial charge in [-0.2, -0.15) is 0 Å². The van der Waals surface area contributed by atoms with Crippen molar-refractivity contribution in [2.24, 2.45) is 0 Å². The number of anilines is 1. The first-order valence-corrected chi connectivity index (χ1v) is 10.5. The van der Waals surface area contributed by atoms with Gasteiger partial charge < -0.3 is 4.42 Å². The molecular weight excluding hydrogens is 416 g/mol. The molecule has 29 heavy (non-hydrogen) atoms. The summed E-state index contributed by atoms with van der Waals surface area (Å²) in [7, 11) is -3.94. The van der Waals surface area contributed by atoms with Gasteiger partial charge in [-0.25, -0.2) is 18.4 Å². The zero-order chi connectivity index (χ0) is 20.4. The molecule has 1 N–H and O–H groups in total. The lowest BCUT2D eigenvalue weighted by atomic mass is 10.2. The van der Waals surface area contributed by atoms with E-state index in [1.807, 2.05) is 30.3 Å². The van der Waals surface area contributed by atoms with Crippen LogP contribution in [0.5, 0.6) is 0 Å². The van der Waals surface area contributed by atoms with Gasteiger partial charge in [0.15, 0.2) is 5.76 Å². The SMILES string of the molecule is O=[N+]([O-])c1cnc(NS(=O)(=O)c2ccc(-c3ncc(-c4ccccc4)o3)cc2)s1. The summed E-state index contributed by atoms with van der Waals surface area (Å²) in [4.78, 5) is 18.0. The lowest BCUT2D eigenvalue weighted by Gasteiger charge is -2.05. The van der Waals surface area contributed by atoms with Crippen molar-refractivity contribution >= 4 is 31.5 Å². The molecule has 11 heteroatoms. The van der Waals surface area contributed by atoms with Crippen LogP contribution in [0.25, 0.3) is 22.8 Å². The summed E-state index contributed by atoms with van der Waals surface area (Å²) in [5, 5.41) is 10.4. The van der Waals surface area contributed by atoms with Crippen molar-refractivity contribution in [1.29, 1.82) is 0 Å². The molecule has 0 fully saturated rings. The van der Waals surface area contributed by atoms with Crippen molar-refractivity contribution in [3.05, 3.63) is 77.1 Å². The van der Waals surface area contributed by atoms with Crippen LogP contribution < -0.4 is 4.72 Å². The standard InChI is InChI=1S/C18H12N4O5S2/c23-22(24)16-11-20-18(28-16)21-29(25,26)14-8-6-13(7-9-14)17-19-10-15(27-17)12-4-2-1-3-5-12/h1-11H,(H,20,21). The number of nitrogens with zero attached hydrogens (tertiary/aromatic N) is 3. The van der Waals surface area contributed by atoms with Gasteiger partial charge >= 0.3 is 5.00 Å². The van der Waals surface area contributed by atoms with Gasteiger partial charge in [-0.05, 0) is 35.6 Å². The molecule has 2 heterocycles. The van der Waals surface area contributed by atoms with Gasteiger partial charge in [-0.1, -0.05) is 30.3 Å². The minimum Gasteiger partial charge on any atom is -0.436 e. The van der Waals surface area contributed by atoms with Crippen LogP contribution in [0.15, 0.2) is 76.3 Å². The second kappa shape index (κ2) is 7.45. The number of hydrogen-bond donors (Lipinski definition) is 1. The van der Waals surface area contributed by atoms with Crippen LogP contribution in [-0.4, -0.2) is 23.3 Å². The number of thiazole rings is 1. The Hall–Kier alpha value is -3.57. The maximum Gasteiger partial charge on any atom is 0.345 e. The van der Waals surface area contributed by atoms with E-state index in [0.29, 0.717) is 28.6 Å². The Labute approximate surface area is 168 Å². The molecule has 0 aliphatic rings. The van der Waals surface area contributed by atoms with E-state index in [9.17, 15) is 18.5 Å². The van der Waals surface area contributed by atoms with Crippen molar-refractivity contribution in [2.75, 3.05) is 4.72 Å². The predicted octanol–water partition coefficient (Wildman–Crippen LogP) is 4.17. The number of sulfonamides is 1. The second-order valence-corrected chi connectivity index (χ2v) is 8.48. The minimum absolute atomic E-state index is 0.0195. The average Bonchev–Trinajstić information content (AvgIpc) is 3.38. The van der Waals surface area contributed by atoms with E-state index < -0.39 is 14.9 Å². The van der Waals surface area contributed by atoms with Crippen LogP contribution in [0.1, 0.15) is 0 Å². The van der Waals surface area contributed by atoms with Gasteiger partial charge in [0.25, 0.3) is 10.0 Å². The van der Waals surface area contributed by atoms with E-state index in [1.165, 1.54) is 12.1 Å². The summed E-state index contributed by atoms with van der Waals surface area (Å²) in [6.07, 6.45) is 2.60. The van der Waals surface area contributed by atoms with Crippen LogP contribution >= 0.6 is 11.3 Å². The van der Waals surface area contributed by atoms with Gasteiger partial charge in [-0.3, -0.25) is 14.8 Å². The predicted molar refractivity (Wildman–Crippen MR) is 107 cm³/mol. The molecule has 2 aromatic heterocycles. The van der Waals surface area contributed by atoms with Crippen molar-refractivity contribution < 1.29 is 17.8 Å². The van der Waals surface area contributed by atoms with Crippen molar-refractivity contribution in [3.8, 4) is 22.8 Å². The Morgan fingerprint density at radius 2 is 1.69 bits per heavy atom. The fraction of sp³-hybridized carbons (Fsp3) is 0. The maximum atomic E-state index is 12.5. The number of nitrogens with one attached hydrogen (secondary N) is 1. The number of benzene rings is 2. The highest BCUT2D eigenvalue weighted by molar-refractivity contribution is 7.93. The number of oxazole rings is 1. The van der Waals surface area contributed by atoms with E-state index in [2.05, 4.69) is 14.7 Å².